The first kappa shape index (κ1) is 21.0. The summed E-state index contributed by atoms with van der Waals surface area (Å²) in [6, 6.07) is 8.44. The van der Waals surface area contributed by atoms with E-state index in [1.54, 1.807) is 12.1 Å². The summed E-state index contributed by atoms with van der Waals surface area (Å²) in [4.78, 5) is 13.2. The Morgan fingerprint density at radius 3 is 2.52 bits per heavy atom. The van der Waals surface area contributed by atoms with Gasteiger partial charge in [-0.1, -0.05) is 6.07 Å². The third-order valence-electron chi connectivity index (χ3n) is 8.35. The number of fused-ring (bicyclic) bond motifs is 2. The first-order valence-electron chi connectivity index (χ1n) is 11.7. The number of hydrogen-bond donors (Lipinski definition) is 1. The van der Waals surface area contributed by atoms with Crippen LogP contribution in [0.3, 0.4) is 0 Å². The summed E-state index contributed by atoms with van der Waals surface area (Å²) in [6.07, 6.45) is 8.83. The molecular formula is C24H31N3O3S. The molecule has 0 spiro atoms. The molecule has 0 radical (unpaired) electrons. The van der Waals surface area contributed by atoms with E-state index in [-0.39, 0.29) is 16.7 Å². The van der Waals surface area contributed by atoms with Gasteiger partial charge in [-0.3, -0.25) is 4.79 Å². The van der Waals surface area contributed by atoms with E-state index in [4.69, 9.17) is 5.26 Å². The Kier molecular flexibility index (Phi) is 5.56. The molecule has 3 saturated carbocycles. The maximum atomic E-state index is 13.0. The molecule has 1 aliphatic heterocycles. The summed E-state index contributed by atoms with van der Waals surface area (Å²) in [5.74, 6) is 3.28. The first-order chi connectivity index (χ1) is 14.9. The number of amides is 1. The van der Waals surface area contributed by atoms with Gasteiger partial charge in [0.2, 0.25) is 15.9 Å². The summed E-state index contributed by atoms with van der Waals surface area (Å²) in [7, 11) is -3.64. The van der Waals surface area contributed by atoms with Gasteiger partial charge >= 0.3 is 0 Å². The average molecular weight is 442 g/mol. The molecule has 1 heterocycles. The highest BCUT2D eigenvalue weighted by molar-refractivity contribution is 7.89. The molecular weight excluding hydrogens is 410 g/mol. The third kappa shape index (κ3) is 4.01. The van der Waals surface area contributed by atoms with Gasteiger partial charge in [-0.15, -0.1) is 0 Å². The van der Waals surface area contributed by atoms with Crippen molar-refractivity contribution in [3.63, 3.8) is 0 Å². The topological polar surface area (TPSA) is 90.3 Å². The molecule has 5 atom stereocenters. The second-order valence-electron chi connectivity index (χ2n) is 10.1. The summed E-state index contributed by atoms with van der Waals surface area (Å²) < 4.78 is 27.4. The second-order valence-corrected chi connectivity index (χ2v) is 12.0. The number of nitrogens with one attached hydrogen (secondary N) is 1. The predicted octanol–water partition coefficient (Wildman–Crippen LogP) is 3.29. The summed E-state index contributed by atoms with van der Waals surface area (Å²) >= 11 is 0. The smallest absolute Gasteiger partial charge is 0.243 e. The van der Waals surface area contributed by atoms with Gasteiger partial charge in [0.25, 0.3) is 0 Å². The van der Waals surface area contributed by atoms with Gasteiger partial charge < -0.3 is 5.32 Å². The largest absolute Gasteiger partial charge is 0.353 e. The van der Waals surface area contributed by atoms with E-state index < -0.39 is 10.0 Å². The lowest BCUT2D eigenvalue weighted by Crippen LogP contribution is -2.47. The van der Waals surface area contributed by atoms with Crippen molar-refractivity contribution < 1.29 is 13.2 Å². The first-order valence-corrected chi connectivity index (χ1v) is 13.2. The van der Waals surface area contributed by atoms with Crippen LogP contribution in [0.4, 0.5) is 0 Å². The standard InChI is InChI=1S/C24H31N3O3S/c25-15-16-2-1-3-22(13-16)31(29,30)27-8-6-18(7-9-27)24(28)26-23-5-4-19-10-17-11-20(19)14-21(23)12-17/h1-3,13,17-21,23H,4-12,14H2,(H,26,28). The van der Waals surface area contributed by atoms with Gasteiger partial charge in [0, 0.05) is 25.0 Å². The SMILES string of the molecule is N#Cc1cccc(S(=O)(=O)N2CCC(C(=O)NC3CCC4CC5CC4CC3C5)CC2)c1. The fourth-order valence-electron chi connectivity index (χ4n) is 6.77. The van der Waals surface area contributed by atoms with Gasteiger partial charge in [0.15, 0.2) is 0 Å². The molecule has 1 saturated heterocycles. The molecule has 5 rings (SSSR count). The fraction of sp³-hybridized carbons (Fsp3) is 0.667. The van der Waals surface area contributed by atoms with Crippen LogP contribution in [0.25, 0.3) is 0 Å². The van der Waals surface area contributed by atoms with E-state index in [2.05, 4.69) is 5.32 Å². The van der Waals surface area contributed by atoms with Crippen LogP contribution in [0.2, 0.25) is 0 Å². The fourth-order valence-corrected chi connectivity index (χ4v) is 8.28. The van der Waals surface area contributed by atoms with Crippen LogP contribution in [0, 0.1) is 40.9 Å². The maximum Gasteiger partial charge on any atom is 0.243 e. The zero-order valence-corrected chi connectivity index (χ0v) is 18.7. The molecule has 166 valence electrons. The van der Waals surface area contributed by atoms with E-state index in [0.717, 1.165) is 24.2 Å². The summed E-state index contributed by atoms with van der Waals surface area (Å²) in [6.45, 7) is 0.690. The molecule has 3 aliphatic carbocycles. The van der Waals surface area contributed by atoms with Gasteiger partial charge in [-0.05, 0) is 93.2 Å². The molecule has 31 heavy (non-hydrogen) atoms. The minimum atomic E-state index is -3.64. The molecule has 0 aromatic heterocycles. The monoisotopic (exact) mass is 441 g/mol. The number of sulfonamides is 1. The molecule has 3 bridgehead atoms. The zero-order valence-electron chi connectivity index (χ0n) is 17.9. The van der Waals surface area contributed by atoms with Crippen molar-refractivity contribution >= 4 is 15.9 Å². The van der Waals surface area contributed by atoms with Gasteiger partial charge in [-0.2, -0.15) is 9.57 Å². The molecule has 1 N–H and O–H groups in total. The predicted molar refractivity (Wildman–Crippen MR) is 116 cm³/mol. The number of carbonyl (C=O) groups excluding carboxylic acids is 1. The van der Waals surface area contributed by atoms with E-state index >= 15 is 0 Å². The lowest BCUT2D eigenvalue weighted by Gasteiger charge is -2.35. The minimum Gasteiger partial charge on any atom is -0.353 e. The van der Waals surface area contributed by atoms with Gasteiger partial charge in [0.1, 0.15) is 0 Å². The quantitative estimate of drug-likeness (QED) is 0.776. The average Bonchev–Trinajstić information content (AvgIpc) is 3.02. The van der Waals surface area contributed by atoms with Crippen molar-refractivity contribution in [1.29, 1.82) is 5.26 Å². The van der Waals surface area contributed by atoms with E-state index in [1.807, 2.05) is 6.07 Å². The molecule has 1 amide bonds. The van der Waals surface area contributed by atoms with Crippen LogP contribution in [-0.2, 0) is 14.8 Å². The third-order valence-corrected chi connectivity index (χ3v) is 10.2. The molecule has 1 aromatic carbocycles. The van der Waals surface area contributed by atoms with Crippen LogP contribution >= 0.6 is 0 Å². The van der Waals surface area contributed by atoms with Crippen molar-refractivity contribution in [3.8, 4) is 6.07 Å². The van der Waals surface area contributed by atoms with Crippen LogP contribution in [0.5, 0.6) is 0 Å². The highest BCUT2D eigenvalue weighted by Gasteiger charge is 2.46. The normalized spacial score (nSPS) is 33.6. The Morgan fingerprint density at radius 1 is 1.00 bits per heavy atom. The number of nitriles is 1. The molecule has 7 heteroatoms. The number of piperidine rings is 1. The number of benzene rings is 1. The number of nitrogens with zero attached hydrogens (tertiary/aromatic N) is 2. The molecule has 5 unspecified atom stereocenters. The highest BCUT2D eigenvalue weighted by Crippen LogP contribution is 2.53. The zero-order chi connectivity index (χ0) is 21.6. The van der Waals surface area contributed by atoms with Crippen LogP contribution in [0.1, 0.15) is 56.9 Å². The lowest BCUT2D eigenvalue weighted by molar-refractivity contribution is -0.127. The Balaban J connectivity index is 1.19. The number of hydrogen-bond acceptors (Lipinski definition) is 4. The minimum absolute atomic E-state index is 0.117. The summed E-state index contributed by atoms with van der Waals surface area (Å²) in [5, 5.41) is 12.4. The van der Waals surface area contributed by atoms with Crippen LogP contribution < -0.4 is 5.32 Å². The van der Waals surface area contributed by atoms with Crippen LogP contribution in [0.15, 0.2) is 29.2 Å². The van der Waals surface area contributed by atoms with E-state index in [9.17, 15) is 13.2 Å². The van der Waals surface area contributed by atoms with Crippen molar-refractivity contribution in [2.75, 3.05) is 13.1 Å². The lowest BCUT2D eigenvalue weighted by atomic mass is 9.77. The molecule has 4 aliphatic rings. The van der Waals surface area contributed by atoms with Crippen LogP contribution in [-0.4, -0.2) is 37.8 Å². The molecule has 6 nitrogen and oxygen atoms in total. The molecule has 1 aromatic rings. The van der Waals surface area contributed by atoms with Crippen molar-refractivity contribution in [2.24, 2.45) is 29.6 Å². The molecule has 4 fully saturated rings. The van der Waals surface area contributed by atoms with E-state index in [0.29, 0.717) is 43.5 Å². The van der Waals surface area contributed by atoms with Crippen molar-refractivity contribution in [3.05, 3.63) is 29.8 Å². The Morgan fingerprint density at radius 2 is 1.74 bits per heavy atom. The highest BCUT2D eigenvalue weighted by atomic mass is 32.2. The van der Waals surface area contributed by atoms with E-state index in [1.165, 1.54) is 48.5 Å². The van der Waals surface area contributed by atoms with Crippen molar-refractivity contribution in [1.82, 2.24) is 9.62 Å². The maximum absolute atomic E-state index is 13.0. The second kappa shape index (κ2) is 8.22. The van der Waals surface area contributed by atoms with Gasteiger partial charge in [0.05, 0.1) is 16.5 Å². The number of carbonyl (C=O) groups is 1. The Labute approximate surface area is 185 Å². The van der Waals surface area contributed by atoms with Crippen molar-refractivity contribution in [2.45, 2.75) is 62.3 Å². The Bertz CT molecular complexity index is 994. The Hall–Kier alpha value is -1.91. The van der Waals surface area contributed by atoms with Gasteiger partial charge in [-0.25, -0.2) is 8.42 Å². The number of rotatable bonds is 4. The summed E-state index contributed by atoms with van der Waals surface area (Å²) in [5.41, 5.74) is 0.335.